The molecule has 1 heterocycles. The lowest BCUT2D eigenvalue weighted by Gasteiger charge is -2.59. The van der Waals surface area contributed by atoms with Gasteiger partial charge in [-0.1, -0.05) is 27.7 Å². The molecule has 0 bridgehead atoms. The van der Waals surface area contributed by atoms with Crippen molar-refractivity contribution in [2.24, 2.45) is 28.6 Å². The minimum absolute atomic E-state index is 0.00838. The molecule has 28 heavy (non-hydrogen) atoms. The zero-order valence-electron chi connectivity index (χ0n) is 17.3. The van der Waals surface area contributed by atoms with Gasteiger partial charge in [-0.05, 0) is 54.7 Å². The van der Waals surface area contributed by atoms with E-state index in [0.717, 1.165) is 30.4 Å². The fraction of sp³-hybridized carbons (Fsp3) is 0.583. The molecule has 1 aromatic heterocycles. The molecule has 0 N–H and O–H groups in total. The van der Waals surface area contributed by atoms with Crippen LogP contribution in [-0.2, 0) is 4.79 Å². The first kappa shape index (κ1) is 19.2. The largest absolute Gasteiger partial charge is 0.493 e. The fourth-order valence-electron chi connectivity index (χ4n) is 5.79. The quantitative estimate of drug-likeness (QED) is 0.682. The van der Waals surface area contributed by atoms with Crippen molar-refractivity contribution in [3.63, 3.8) is 0 Å². The summed E-state index contributed by atoms with van der Waals surface area (Å²) in [6, 6.07) is 8.86. The van der Waals surface area contributed by atoms with Crippen molar-refractivity contribution in [1.29, 1.82) is 0 Å². The highest BCUT2D eigenvalue weighted by atomic mass is 16.5. The van der Waals surface area contributed by atoms with Gasteiger partial charge in [0, 0.05) is 35.3 Å². The predicted molar refractivity (Wildman–Crippen MR) is 109 cm³/mol. The van der Waals surface area contributed by atoms with Gasteiger partial charge in [-0.3, -0.25) is 4.79 Å². The van der Waals surface area contributed by atoms with E-state index in [1.807, 2.05) is 12.1 Å². The third-order valence-electron chi connectivity index (χ3n) is 8.13. The van der Waals surface area contributed by atoms with Crippen molar-refractivity contribution < 1.29 is 13.9 Å². The molecule has 2 aliphatic carbocycles. The smallest absolute Gasteiger partial charge is 0.336 e. The van der Waals surface area contributed by atoms with Crippen LogP contribution < -0.4 is 10.4 Å². The molecule has 1 aromatic carbocycles. The molecular weight excluding hydrogens is 352 g/mol. The zero-order chi connectivity index (χ0) is 20.1. The summed E-state index contributed by atoms with van der Waals surface area (Å²) in [5, 5.41) is 0.886. The van der Waals surface area contributed by atoms with Gasteiger partial charge in [-0.15, -0.1) is 0 Å². The second kappa shape index (κ2) is 6.75. The summed E-state index contributed by atoms with van der Waals surface area (Å²) in [5.74, 6) is 2.26. The standard InChI is InChI=1S/C24H30O4/c1-15-11-12-23(3)16(2)19(25)8-9-21(23)24(15,4)14-27-18-7-5-17-6-10-22(26)28-20(17)13-18/h5-7,10,13,15-16,21H,8-9,11-12,14H2,1-4H3/t15-,16+,21-,23-,24-/m0/s1. The Bertz CT molecular complexity index is 960. The van der Waals surface area contributed by atoms with E-state index in [2.05, 4.69) is 27.7 Å². The summed E-state index contributed by atoms with van der Waals surface area (Å²) in [7, 11) is 0. The molecule has 2 saturated carbocycles. The van der Waals surface area contributed by atoms with Crippen molar-refractivity contribution in [1.82, 2.24) is 0 Å². The summed E-state index contributed by atoms with van der Waals surface area (Å²) in [4.78, 5) is 23.9. The van der Waals surface area contributed by atoms with E-state index in [0.29, 0.717) is 36.2 Å². The molecular formula is C24H30O4. The lowest BCUT2D eigenvalue weighted by Crippen LogP contribution is -2.56. The van der Waals surface area contributed by atoms with E-state index in [-0.39, 0.29) is 22.4 Å². The van der Waals surface area contributed by atoms with E-state index >= 15 is 0 Å². The molecule has 4 rings (SSSR count). The van der Waals surface area contributed by atoms with Gasteiger partial charge in [0.1, 0.15) is 17.1 Å². The van der Waals surface area contributed by atoms with Crippen LogP contribution in [0.3, 0.4) is 0 Å². The topological polar surface area (TPSA) is 56.5 Å². The number of hydrogen-bond donors (Lipinski definition) is 0. The molecule has 0 spiro atoms. The predicted octanol–water partition coefficient (Wildman–Crippen LogP) is 5.23. The highest BCUT2D eigenvalue weighted by Gasteiger charge is 2.57. The average Bonchev–Trinajstić information content (AvgIpc) is 2.67. The van der Waals surface area contributed by atoms with Gasteiger partial charge < -0.3 is 9.15 Å². The second-order valence-electron chi connectivity index (χ2n) is 9.47. The van der Waals surface area contributed by atoms with Gasteiger partial charge in [-0.2, -0.15) is 0 Å². The third kappa shape index (κ3) is 2.98. The normalized spacial score (nSPS) is 35.6. The summed E-state index contributed by atoms with van der Waals surface area (Å²) in [5.41, 5.74) is 0.257. The first-order valence-electron chi connectivity index (χ1n) is 10.4. The van der Waals surface area contributed by atoms with Crippen molar-refractivity contribution in [3.05, 3.63) is 40.8 Å². The number of ether oxygens (including phenoxy) is 1. The molecule has 2 aliphatic rings. The Morgan fingerprint density at radius 2 is 1.86 bits per heavy atom. The van der Waals surface area contributed by atoms with Crippen LogP contribution in [0.5, 0.6) is 5.75 Å². The first-order valence-corrected chi connectivity index (χ1v) is 10.4. The lowest BCUT2D eigenvalue weighted by atomic mass is 9.45. The molecule has 4 nitrogen and oxygen atoms in total. The highest BCUT2D eigenvalue weighted by Crippen LogP contribution is 2.61. The fourth-order valence-corrected chi connectivity index (χ4v) is 5.79. The molecule has 0 radical (unpaired) electrons. The van der Waals surface area contributed by atoms with E-state index in [9.17, 15) is 9.59 Å². The Balaban J connectivity index is 1.60. The molecule has 5 atom stereocenters. The second-order valence-corrected chi connectivity index (χ2v) is 9.47. The molecule has 2 aromatic rings. The minimum Gasteiger partial charge on any atom is -0.493 e. The highest BCUT2D eigenvalue weighted by molar-refractivity contribution is 5.82. The van der Waals surface area contributed by atoms with E-state index in [1.54, 1.807) is 12.1 Å². The van der Waals surface area contributed by atoms with Gasteiger partial charge >= 0.3 is 5.63 Å². The first-order chi connectivity index (χ1) is 13.2. The molecule has 0 aliphatic heterocycles. The monoisotopic (exact) mass is 382 g/mol. The van der Waals surface area contributed by atoms with Crippen LogP contribution in [0, 0.1) is 28.6 Å². The summed E-state index contributed by atoms with van der Waals surface area (Å²) in [6.45, 7) is 9.70. The van der Waals surface area contributed by atoms with Crippen LogP contribution in [0.4, 0.5) is 0 Å². The molecule has 0 saturated heterocycles. The van der Waals surface area contributed by atoms with E-state index < -0.39 is 0 Å². The van der Waals surface area contributed by atoms with E-state index in [4.69, 9.17) is 9.15 Å². The Morgan fingerprint density at radius 3 is 2.64 bits per heavy atom. The summed E-state index contributed by atoms with van der Waals surface area (Å²) < 4.78 is 11.6. The zero-order valence-corrected chi connectivity index (χ0v) is 17.3. The number of carbonyl (C=O) groups is 1. The Kier molecular flexibility index (Phi) is 4.64. The molecule has 0 unspecified atom stereocenters. The van der Waals surface area contributed by atoms with Crippen LogP contribution in [0.1, 0.15) is 53.4 Å². The van der Waals surface area contributed by atoms with Gasteiger partial charge in [0.25, 0.3) is 0 Å². The maximum absolute atomic E-state index is 12.4. The number of Topliss-reactive ketones (excluding diaryl/α,β-unsaturated/α-hetero) is 1. The number of rotatable bonds is 3. The van der Waals surface area contributed by atoms with Crippen LogP contribution in [0.2, 0.25) is 0 Å². The van der Waals surface area contributed by atoms with Crippen molar-refractivity contribution >= 4 is 16.8 Å². The summed E-state index contributed by atoms with van der Waals surface area (Å²) >= 11 is 0. The van der Waals surface area contributed by atoms with Crippen molar-refractivity contribution in [2.75, 3.05) is 6.61 Å². The van der Waals surface area contributed by atoms with Crippen LogP contribution in [0.25, 0.3) is 11.0 Å². The van der Waals surface area contributed by atoms with Gasteiger partial charge in [-0.25, -0.2) is 4.79 Å². The van der Waals surface area contributed by atoms with Gasteiger partial charge in [0.2, 0.25) is 0 Å². The minimum atomic E-state index is -0.353. The maximum atomic E-state index is 12.4. The molecule has 150 valence electrons. The molecule has 2 fully saturated rings. The number of hydrogen-bond acceptors (Lipinski definition) is 4. The Hall–Kier alpha value is -2.10. The number of benzene rings is 1. The molecule has 0 amide bonds. The van der Waals surface area contributed by atoms with Gasteiger partial charge in [0.15, 0.2) is 0 Å². The Morgan fingerprint density at radius 1 is 1.11 bits per heavy atom. The van der Waals surface area contributed by atoms with Crippen molar-refractivity contribution in [3.8, 4) is 5.75 Å². The van der Waals surface area contributed by atoms with Crippen LogP contribution in [0.15, 0.2) is 39.5 Å². The van der Waals surface area contributed by atoms with Crippen LogP contribution in [-0.4, -0.2) is 12.4 Å². The number of fused-ring (bicyclic) bond motifs is 2. The SMILES string of the molecule is C[C@@H]1C(=O)CC[C@H]2[C@@]1(C)CC[C@H](C)[C@]2(C)COc1ccc2ccc(=O)oc2c1. The van der Waals surface area contributed by atoms with Crippen LogP contribution >= 0.6 is 0 Å². The number of carbonyl (C=O) groups excluding carboxylic acids is 1. The van der Waals surface area contributed by atoms with Gasteiger partial charge in [0.05, 0.1) is 6.61 Å². The third-order valence-corrected chi connectivity index (χ3v) is 8.13. The van der Waals surface area contributed by atoms with Crippen molar-refractivity contribution in [2.45, 2.75) is 53.4 Å². The average molecular weight is 383 g/mol. The summed E-state index contributed by atoms with van der Waals surface area (Å²) in [6.07, 6.45) is 3.88. The molecule has 4 heteroatoms. The Labute approximate surface area is 166 Å². The lowest BCUT2D eigenvalue weighted by molar-refractivity contribution is -0.151. The number of ketones is 1. The maximum Gasteiger partial charge on any atom is 0.336 e. The van der Waals surface area contributed by atoms with E-state index in [1.165, 1.54) is 6.07 Å².